The molecule has 0 radical (unpaired) electrons. The number of aromatic hydroxyl groups is 1. The van der Waals surface area contributed by atoms with Crippen molar-refractivity contribution in [3.8, 4) is 11.5 Å². The fourth-order valence-corrected chi connectivity index (χ4v) is 1.42. The van der Waals surface area contributed by atoms with Crippen LogP contribution in [0.2, 0.25) is 0 Å². The lowest BCUT2D eigenvalue weighted by Gasteiger charge is -2.11. The van der Waals surface area contributed by atoms with Crippen LogP contribution in [0.1, 0.15) is 18.4 Å². The standard InChI is InChI=1S/C10H12O3/c1-13-7-2-3-8(9(11)6-7)10(12)4-5-10/h2-3,6,11-12H,4-5H2,1H3. The van der Waals surface area contributed by atoms with Crippen LogP contribution in [0, 0.1) is 0 Å². The van der Waals surface area contributed by atoms with Gasteiger partial charge in [-0.05, 0) is 25.0 Å². The molecule has 1 aromatic carbocycles. The number of methoxy groups -OCH3 is 1. The minimum Gasteiger partial charge on any atom is -0.507 e. The lowest BCUT2D eigenvalue weighted by molar-refractivity contribution is 0.147. The number of ether oxygens (including phenoxy) is 1. The fourth-order valence-electron chi connectivity index (χ4n) is 1.42. The van der Waals surface area contributed by atoms with Crippen molar-refractivity contribution in [2.45, 2.75) is 18.4 Å². The summed E-state index contributed by atoms with van der Waals surface area (Å²) < 4.78 is 4.94. The molecule has 0 unspecified atom stereocenters. The minimum atomic E-state index is -0.781. The second-order valence-electron chi connectivity index (χ2n) is 3.41. The van der Waals surface area contributed by atoms with Crippen molar-refractivity contribution in [2.75, 3.05) is 7.11 Å². The molecule has 2 rings (SSSR count). The first-order valence-electron chi connectivity index (χ1n) is 4.25. The molecule has 1 saturated carbocycles. The van der Waals surface area contributed by atoms with Gasteiger partial charge < -0.3 is 14.9 Å². The Balaban J connectivity index is 2.38. The highest BCUT2D eigenvalue weighted by atomic mass is 16.5. The van der Waals surface area contributed by atoms with Gasteiger partial charge in [-0.3, -0.25) is 0 Å². The summed E-state index contributed by atoms with van der Waals surface area (Å²) in [5.41, 5.74) is -0.176. The van der Waals surface area contributed by atoms with Crippen LogP contribution in [-0.4, -0.2) is 17.3 Å². The first-order chi connectivity index (χ1) is 6.15. The summed E-state index contributed by atoms with van der Waals surface area (Å²) in [4.78, 5) is 0. The van der Waals surface area contributed by atoms with Gasteiger partial charge in [0, 0.05) is 11.6 Å². The lowest BCUT2D eigenvalue weighted by atomic mass is 10.1. The van der Waals surface area contributed by atoms with E-state index in [1.54, 1.807) is 19.2 Å². The van der Waals surface area contributed by atoms with Crippen molar-refractivity contribution in [2.24, 2.45) is 0 Å². The van der Waals surface area contributed by atoms with Gasteiger partial charge in [-0.25, -0.2) is 0 Å². The number of phenols is 1. The molecule has 13 heavy (non-hydrogen) atoms. The molecule has 1 fully saturated rings. The second-order valence-corrected chi connectivity index (χ2v) is 3.41. The van der Waals surface area contributed by atoms with E-state index in [0.717, 1.165) is 12.8 Å². The average Bonchev–Trinajstić information content (AvgIpc) is 2.84. The highest BCUT2D eigenvalue weighted by molar-refractivity contribution is 5.44. The monoisotopic (exact) mass is 180 g/mol. The molecule has 1 aliphatic rings. The zero-order chi connectivity index (χ0) is 9.47. The lowest BCUT2D eigenvalue weighted by Crippen LogP contribution is -2.04. The number of hydrogen-bond donors (Lipinski definition) is 2. The molecule has 70 valence electrons. The summed E-state index contributed by atoms with van der Waals surface area (Å²) in [6.45, 7) is 0. The number of rotatable bonds is 2. The van der Waals surface area contributed by atoms with Gasteiger partial charge in [-0.15, -0.1) is 0 Å². The Kier molecular flexibility index (Phi) is 1.70. The van der Waals surface area contributed by atoms with Crippen LogP contribution in [0.3, 0.4) is 0 Å². The highest BCUT2D eigenvalue weighted by Gasteiger charge is 2.43. The second kappa shape index (κ2) is 2.64. The molecule has 1 aromatic rings. The van der Waals surface area contributed by atoms with E-state index in [2.05, 4.69) is 0 Å². The van der Waals surface area contributed by atoms with Gasteiger partial charge in [0.2, 0.25) is 0 Å². The molecule has 0 spiro atoms. The van der Waals surface area contributed by atoms with Crippen molar-refractivity contribution < 1.29 is 14.9 Å². The third kappa shape index (κ3) is 1.35. The first kappa shape index (κ1) is 8.38. The molecule has 0 saturated heterocycles. The number of phenolic OH excluding ortho intramolecular Hbond substituents is 1. The molecular formula is C10H12O3. The largest absolute Gasteiger partial charge is 0.507 e. The average molecular weight is 180 g/mol. The van der Waals surface area contributed by atoms with Crippen molar-refractivity contribution in [3.63, 3.8) is 0 Å². The van der Waals surface area contributed by atoms with Gasteiger partial charge in [-0.2, -0.15) is 0 Å². The van der Waals surface area contributed by atoms with Gasteiger partial charge in [0.25, 0.3) is 0 Å². The molecule has 0 heterocycles. The zero-order valence-corrected chi connectivity index (χ0v) is 7.45. The van der Waals surface area contributed by atoms with Gasteiger partial charge >= 0.3 is 0 Å². The van der Waals surface area contributed by atoms with E-state index in [-0.39, 0.29) is 5.75 Å². The van der Waals surface area contributed by atoms with Gasteiger partial charge in [-0.1, -0.05) is 0 Å². The topological polar surface area (TPSA) is 49.7 Å². The molecular weight excluding hydrogens is 168 g/mol. The normalized spacial score (nSPS) is 18.3. The van der Waals surface area contributed by atoms with Crippen LogP contribution in [-0.2, 0) is 5.60 Å². The molecule has 3 heteroatoms. The van der Waals surface area contributed by atoms with E-state index in [1.807, 2.05) is 0 Å². The number of hydrogen-bond acceptors (Lipinski definition) is 3. The smallest absolute Gasteiger partial charge is 0.125 e. The Morgan fingerprint density at radius 1 is 1.38 bits per heavy atom. The maximum atomic E-state index is 9.74. The number of aliphatic hydroxyl groups is 1. The maximum Gasteiger partial charge on any atom is 0.125 e. The summed E-state index contributed by atoms with van der Waals surface area (Å²) in [6, 6.07) is 4.97. The summed E-state index contributed by atoms with van der Waals surface area (Å²) in [7, 11) is 1.54. The van der Waals surface area contributed by atoms with Crippen molar-refractivity contribution in [3.05, 3.63) is 23.8 Å². The predicted molar refractivity (Wildman–Crippen MR) is 47.8 cm³/mol. The van der Waals surface area contributed by atoms with Gasteiger partial charge in [0.05, 0.1) is 12.7 Å². The summed E-state index contributed by atoms with van der Waals surface area (Å²) in [6.07, 6.45) is 1.46. The quantitative estimate of drug-likeness (QED) is 0.723. The molecule has 0 bridgehead atoms. The molecule has 2 N–H and O–H groups in total. The highest BCUT2D eigenvalue weighted by Crippen LogP contribution is 2.48. The van der Waals surface area contributed by atoms with Crippen LogP contribution in [0.15, 0.2) is 18.2 Å². The fraction of sp³-hybridized carbons (Fsp3) is 0.400. The van der Waals surface area contributed by atoms with Crippen molar-refractivity contribution >= 4 is 0 Å². The molecule has 3 nitrogen and oxygen atoms in total. The number of benzene rings is 1. The van der Waals surface area contributed by atoms with E-state index in [1.165, 1.54) is 6.07 Å². The van der Waals surface area contributed by atoms with Crippen LogP contribution < -0.4 is 4.74 Å². The summed E-state index contributed by atoms with van der Waals surface area (Å²) >= 11 is 0. The van der Waals surface area contributed by atoms with E-state index in [0.29, 0.717) is 11.3 Å². The Labute approximate surface area is 76.6 Å². The van der Waals surface area contributed by atoms with Gasteiger partial charge in [0.1, 0.15) is 11.5 Å². The third-order valence-corrected chi connectivity index (χ3v) is 2.43. The van der Waals surface area contributed by atoms with Crippen LogP contribution in [0.4, 0.5) is 0 Å². The van der Waals surface area contributed by atoms with E-state index >= 15 is 0 Å². The SMILES string of the molecule is COc1ccc(C2(O)CC2)c(O)c1. The zero-order valence-electron chi connectivity index (χ0n) is 7.45. The van der Waals surface area contributed by atoms with E-state index in [4.69, 9.17) is 4.74 Å². The molecule has 0 atom stereocenters. The Bertz CT molecular complexity index is 329. The van der Waals surface area contributed by atoms with Crippen molar-refractivity contribution in [1.29, 1.82) is 0 Å². The Hall–Kier alpha value is -1.22. The Morgan fingerprint density at radius 3 is 2.54 bits per heavy atom. The minimum absolute atomic E-state index is 0.111. The Morgan fingerprint density at radius 2 is 2.08 bits per heavy atom. The maximum absolute atomic E-state index is 9.74. The van der Waals surface area contributed by atoms with Gasteiger partial charge in [0.15, 0.2) is 0 Å². The third-order valence-electron chi connectivity index (χ3n) is 2.43. The molecule has 1 aliphatic carbocycles. The summed E-state index contributed by atoms with van der Waals surface area (Å²) in [5, 5.41) is 19.3. The summed E-state index contributed by atoms with van der Waals surface area (Å²) in [5.74, 6) is 0.713. The molecule has 0 aliphatic heterocycles. The first-order valence-corrected chi connectivity index (χ1v) is 4.25. The van der Waals surface area contributed by atoms with Crippen LogP contribution in [0.25, 0.3) is 0 Å². The van der Waals surface area contributed by atoms with Crippen molar-refractivity contribution in [1.82, 2.24) is 0 Å². The van der Waals surface area contributed by atoms with Crippen LogP contribution in [0.5, 0.6) is 11.5 Å². The van der Waals surface area contributed by atoms with E-state index in [9.17, 15) is 10.2 Å². The van der Waals surface area contributed by atoms with Crippen LogP contribution >= 0.6 is 0 Å². The molecule has 0 amide bonds. The predicted octanol–water partition coefficient (Wildman–Crippen LogP) is 1.38. The molecule has 0 aromatic heterocycles. The van der Waals surface area contributed by atoms with E-state index < -0.39 is 5.60 Å².